The minimum Gasteiger partial charge on any atom is -0.493 e. The number of fused-ring (bicyclic) bond motifs is 1. The molecule has 1 saturated heterocycles. The Balaban J connectivity index is 1.15. The van der Waals surface area contributed by atoms with Crippen LogP contribution in [0.15, 0.2) is 106 Å². The summed E-state index contributed by atoms with van der Waals surface area (Å²) in [4.78, 5) is 23.3. The highest BCUT2D eigenvalue weighted by atomic mass is 32.2. The van der Waals surface area contributed by atoms with Gasteiger partial charge in [-0.2, -0.15) is 0 Å². The smallest absolute Gasteiger partial charge is 0.243 e. The van der Waals surface area contributed by atoms with Gasteiger partial charge >= 0.3 is 0 Å². The van der Waals surface area contributed by atoms with E-state index in [9.17, 15) is 4.79 Å². The molecule has 8 heteroatoms. The van der Waals surface area contributed by atoms with Crippen molar-refractivity contribution in [1.29, 1.82) is 0 Å². The van der Waals surface area contributed by atoms with E-state index in [0.29, 0.717) is 17.4 Å². The zero-order valence-corrected chi connectivity index (χ0v) is 24.9. The predicted octanol–water partition coefficient (Wildman–Crippen LogP) is 6.58. The van der Waals surface area contributed by atoms with Gasteiger partial charge < -0.3 is 14.8 Å². The van der Waals surface area contributed by atoms with Crippen molar-refractivity contribution in [3.05, 3.63) is 108 Å². The van der Waals surface area contributed by atoms with Crippen LogP contribution in [0.1, 0.15) is 43.4 Å². The second-order valence-corrected chi connectivity index (χ2v) is 12.0. The third kappa shape index (κ3) is 5.91. The number of aromatic nitrogens is 2. The molecule has 6 rings (SSSR count). The lowest BCUT2D eigenvalue weighted by atomic mass is 9.84. The second-order valence-electron chi connectivity index (χ2n) is 10.9. The summed E-state index contributed by atoms with van der Waals surface area (Å²) in [7, 11) is 3.23. The molecule has 2 heterocycles. The van der Waals surface area contributed by atoms with Crippen molar-refractivity contribution in [1.82, 2.24) is 20.6 Å². The molecule has 42 heavy (non-hydrogen) atoms. The highest BCUT2D eigenvalue weighted by Gasteiger charge is 2.43. The van der Waals surface area contributed by atoms with E-state index in [-0.39, 0.29) is 23.9 Å². The maximum Gasteiger partial charge on any atom is 0.243 e. The number of rotatable bonds is 9. The Bertz CT molecular complexity index is 1690. The Labute approximate surface area is 250 Å². The number of allylic oxidation sites excluding steroid dienone is 4. The van der Waals surface area contributed by atoms with E-state index in [0.717, 1.165) is 38.5 Å². The number of amides is 1. The molecule has 1 aliphatic heterocycles. The van der Waals surface area contributed by atoms with Gasteiger partial charge in [-0.05, 0) is 53.3 Å². The van der Waals surface area contributed by atoms with E-state index in [1.54, 1.807) is 32.3 Å². The van der Waals surface area contributed by atoms with Crippen LogP contribution in [-0.2, 0) is 4.79 Å². The molecule has 1 fully saturated rings. The summed E-state index contributed by atoms with van der Waals surface area (Å²) in [5.41, 5.74) is 5.34. The van der Waals surface area contributed by atoms with E-state index in [2.05, 4.69) is 89.1 Å². The van der Waals surface area contributed by atoms with Crippen LogP contribution in [0.2, 0.25) is 0 Å². The molecule has 0 bridgehead atoms. The molecule has 0 saturated carbocycles. The Hall–Kier alpha value is -4.14. The fourth-order valence-electron chi connectivity index (χ4n) is 5.41. The van der Waals surface area contributed by atoms with Crippen molar-refractivity contribution in [2.24, 2.45) is 5.92 Å². The molecule has 1 aromatic heterocycles. The summed E-state index contributed by atoms with van der Waals surface area (Å²) in [5, 5.41) is 8.32. The minimum atomic E-state index is -0.272. The van der Waals surface area contributed by atoms with Crippen LogP contribution >= 0.6 is 11.8 Å². The van der Waals surface area contributed by atoms with Crippen LogP contribution in [0.5, 0.6) is 11.5 Å². The number of ether oxygens (including phenoxy) is 2. The van der Waals surface area contributed by atoms with Crippen LogP contribution in [0.4, 0.5) is 0 Å². The van der Waals surface area contributed by atoms with Crippen LogP contribution in [-0.4, -0.2) is 36.1 Å². The van der Waals surface area contributed by atoms with Gasteiger partial charge in [0.15, 0.2) is 11.5 Å². The molecule has 2 aliphatic rings. The molecule has 3 aromatic carbocycles. The van der Waals surface area contributed by atoms with Crippen LogP contribution in [0, 0.1) is 5.92 Å². The molecule has 2 N–H and O–H groups in total. The SMILES string of the molecule is COc1cc2ncnc(Sc3cccc(C4NC4C(=O)NC4=CC(C(C)C)=CC(c5ccccc5)C4)c3)c2cc1OC. The van der Waals surface area contributed by atoms with Crippen LogP contribution in [0.25, 0.3) is 10.9 Å². The molecular weight excluding hydrogens is 544 g/mol. The highest BCUT2D eigenvalue weighted by Crippen LogP contribution is 2.39. The summed E-state index contributed by atoms with van der Waals surface area (Å²) < 4.78 is 10.9. The Morgan fingerprint density at radius 3 is 2.50 bits per heavy atom. The Kier molecular flexibility index (Phi) is 8.00. The highest BCUT2D eigenvalue weighted by molar-refractivity contribution is 7.99. The van der Waals surface area contributed by atoms with Gasteiger partial charge in [0.25, 0.3) is 0 Å². The normalized spacial score (nSPS) is 19.7. The monoisotopic (exact) mass is 578 g/mol. The van der Waals surface area contributed by atoms with Gasteiger partial charge in [-0.25, -0.2) is 9.97 Å². The molecule has 1 amide bonds. The molecule has 1 aliphatic carbocycles. The van der Waals surface area contributed by atoms with Crippen molar-refractivity contribution in [3.63, 3.8) is 0 Å². The fraction of sp³-hybridized carbons (Fsp3) is 0.265. The quantitative estimate of drug-likeness (QED) is 0.171. The zero-order chi connectivity index (χ0) is 29.2. The van der Waals surface area contributed by atoms with Crippen molar-refractivity contribution in [2.45, 2.75) is 48.2 Å². The van der Waals surface area contributed by atoms with Crippen molar-refractivity contribution in [2.75, 3.05) is 14.2 Å². The fourth-order valence-corrected chi connectivity index (χ4v) is 6.35. The molecular formula is C34H34N4O3S. The molecule has 3 unspecified atom stereocenters. The summed E-state index contributed by atoms with van der Waals surface area (Å²) in [6, 6.07) is 22.2. The Morgan fingerprint density at radius 1 is 0.976 bits per heavy atom. The van der Waals surface area contributed by atoms with Crippen molar-refractivity contribution >= 4 is 28.6 Å². The maximum absolute atomic E-state index is 13.3. The van der Waals surface area contributed by atoms with Crippen molar-refractivity contribution in [3.8, 4) is 11.5 Å². The van der Waals surface area contributed by atoms with E-state index in [4.69, 9.17) is 9.47 Å². The maximum atomic E-state index is 13.3. The first-order valence-electron chi connectivity index (χ1n) is 14.1. The van der Waals surface area contributed by atoms with Crippen molar-refractivity contribution < 1.29 is 14.3 Å². The standard InChI is InChI=1S/C34H34N4O3S/c1-20(2)23-13-24(21-9-6-5-7-10-21)15-25(14-23)37-33(39)32-31(38-32)22-11-8-12-26(16-22)42-34-27-17-29(40-3)30(41-4)18-28(27)35-19-36-34/h5-14,16-20,24,31-32,38H,15H2,1-4H3,(H,37,39). The first-order valence-corrected chi connectivity index (χ1v) is 14.9. The first kappa shape index (κ1) is 28.0. The molecule has 0 radical (unpaired) electrons. The number of carbonyl (C=O) groups is 1. The third-order valence-corrected chi connectivity index (χ3v) is 8.76. The minimum absolute atomic E-state index is 0.00367. The average Bonchev–Trinajstić information content (AvgIpc) is 3.82. The van der Waals surface area contributed by atoms with Gasteiger partial charge in [0.2, 0.25) is 5.91 Å². The largest absolute Gasteiger partial charge is 0.493 e. The lowest BCUT2D eigenvalue weighted by molar-refractivity contribution is -0.120. The summed E-state index contributed by atoms with van der Waals surface area (Å²) in [5.74, 6) is 1.89. The van der Waals surface area contributed by atoms with Gasteiger partial charge in [0.05, 0.1) is 25.8 Å². The van der Waals surface area contributed by atoms with Crippen LogP contribution < -0.4 is 20.1 Å². The van der Waals surface area contributed by atoms with Crippen LogP contribution in [0.3, 0.4) is 0 Å². The summed E-state index contributed by atoms with van der Waals surface area (Å²) >= 11 is 1.56. The predicted molar refractivity (Wildman–Crippen MR) is 166 cm³/mol. The summed E-state index contributed by atoms with van der Waals surface area (Å²) in [6.45, 7) is 4.38. The lowest BCUT2D eigenvalue weighted by Crippen LogP contribution is -2.30. The number of benzene rings is 3. The molecule has 0 spiro atoms. The molecule has 4 aromatic rings. The van der Waals surface area contributed by atoms with E-state index in [1.165, 1.54) is 11.1 Å². The van der Waals surface area contributed by atoms with Gasteiger partial charge in [0, 0.05) is 28.0 Å². The van der Waals surface area contributed by atoms with E-state index >= 15 is 0 Å². The number of hydrogen-bond donors (Lipinski definition) is 2. The molecule has 3 atom stereocenters. The average molecular weight is 579 g/mol. The van der Waals surface area contributed by atoms with Gasteiger partial charge in [-0.15, -0.1) is 0 Å². The van der Waals surface area contributed by atoms with Gasteiger partial charge in [-0.1, -0.05) is 74.1 Å². The Morgan fingerprint density at radius 2 is 1.74 bits per heavy atom. The summed E-state index contributed by atoms with van der Waals surface area (Å²) in [6.07, 6.45) is 6.82. The van der Waals surface area contributed by atoms with Gasteiger partial charge in [0.1, 0.15) is 17.4 Å². The second kappa shape index (κ2) is 12.0. The van der Waals surface area contributed by atoms with E-state index < -0.39 is 0 Å². The number of nitrogens with one attached hydrogen (secondary N) is 2. The molecule has 214 valence electrons. The zero-order valence-electron chi connectivity index (χ0n) is 24.1. The van der Waals surface area contributed by atoms with E-state index in [1.807, 2.05) is 24.3 Å². The number of hydrogen-bond acceptors (Lipinski definition) is 7. The molecule has 7 nitrogen and oxygen atoms in total. The van der Waals surface area contributed by atoms with Gasteiger partial charge in [-0.3, -0.25) is 10.1 Å². The number of carbonyl (C=O) groups excluding carboxylic acids is 1. The first-order chi connectivity index (χ1) is 20.4. The number of nitrogens with zero attached hydrogens (tertiary/aromatic N) is 2. The topological polar surface area (TPSA) is 95.3 Å². The number of methoxy groups -OCH3 is 2. The third-order valence-electron chi connectivity index (χ3n) is 7.75. The lowest BCUT2D eigenvalue weighted by Gasteiger charge is -2.24.